The van der Waals surface area contributed by atoms with Gasteiger partial charge in [0.15, 0.2) is 5.58 Å². The fourth-order valence-corrected chi connectivity index (χ4v) is 2.57. The smallest absolute Gasteiger partial charge is 0.338 e. The first-order valence-electron chi connectivity index (χ1n) is 5.95. The number of fused-ring (bicyclic) bond motifs is 1. The Hall–Kier alpha value is -2.28. The molecule has 3 aromatic rings. The first-order chi connectivity index (χ1) is 9.69. The van der Waals surface area contributed by atoms with Crippen molar-refractivity contribution in [3.8, 4) is 0 Å². The summed E-state index contributed by atoms with van der Waals surface area (Å²) in [7, 11) is 0. The highest BCUT2D eigenvalue weighted by molar-refractivity contribution is 7.98. The largest absolute Gasteiger partial charge is 0.421 e. The number of hydrogen-bond acceptors (Lipinski definition) is 6. The van der Waals surface area contributed by atoms with Crippen LogP contribution in [-0.4, -0.2) is 14.7 Å². The summed E-state index contributed by atoms with van der Waals surface area (Å²) >= 11 is 1.44. The van der Waals surface area contributed by atoms with E-state index < -0.39 is 11.3 Å². The normalized spacial score (nSPS) is 11.1. The molecule has 0 aliphatic carbocycles. The second-order valence-electron chi connectivity index (χ2n) is 3.91. The molecule has 1 aromatic carbocycles. The van der Waals surface area contributed by atoms with Crippen LogP contribution in [0.1, 0.15) is 6.92 Å². The van der Waals surface area contributed by atoms with Crippen molar-refractivity contribution in [2.45, 2.75) is 6.92 Å². The van der Waals surface area contributed by atoms with Gasteiger partial charge in [-0.2, -0.15) is 4.98 Å². The summed E-state index contributed by atoms with van der Waals surface area (Å²) in [5, 5.41) is 0. The molecular formula is C13H10N2O4S. The number of hydrogen-bond donors (Lipinski definition) is 0. The Morgan fingerprint density at radius 1 is 1.15 bits per heavy atom. The Bertz CT molecular complexity index is 923. The van der Waals surface area contributed by atoms with Gasteiger partial charge in [-0.1, -0.05) is 13.0 Å². The van der Waals surface area contributed by atoms with Crippen LogP contribution in [0.5, 0.6) is 0 Å². The van der Waals surface area contributed by atoms with E-state index in [2.05, 4.69) is 4.98 Å². The van der Waals surface area contributed by atoms with Gasteiger partial charge in [-0.3, -0.25) is 0 Å². The molecule has 0 unspecified atom stereocenters. The molecule has 0 aliphatic heterocycles. The monoisotopic (exact) mass is 290 g/mol. The molecular weight excluding hydrogens is 280 g/mol. The van der Waals surface area contributed by atoms with Crippen molar-refractivity contribution in [2.24, 2.45) is 0 Å². The number of para-hydroxylation sites is 1. The SMILES string of the molecule is CCSn1c2nc3c(cccc31)oc(=O)ccc(=O)o2. The third kappa shape index (κ3) is 2.16. The number of aromatic nitrogens is 2. The summed E-state index contributed by atoms with van der Waals surface area (Å²) in [6, 6.07) is 7.28. The minimum atomic E-state index is -0.668. The predicted molar refractivity (Wildman–Crippen MR) is 76.7 cm³/mol. The molecule has 2 heterocycles. The molecule has 2 bridgehead atoms. The van der Waals surface area contributed by atoms with Crippen LogP contribution in [0.4, 0.5) is 0 Å². The first kappa shape index (κ1) is 12.7. The van der Waals surface area contributed by atoms with Crippen LogP contribution >= 0.6 is 11.9 Å². The van der Waals surface area contributed by atoms with E-state index in [-0.39, 0.29) is 5.84 Å². The highest BCUT2D eigenvalue weighted by Gasteiger charge is 2.11. The number of rotatable bonds is 2. The summed E-state index contributed by atoms with van der Waals surface area (Å²) in [5.41, 5.74) is 0.243. The molecule has 7 heteroatoms. The van der Waals surface area contributed by atoms with Gasteiger partial charge in [0.1, 0.15) is 5.52 Å². The number of benzene rings is 1. The van der Waals surface area contributed by atoms with Crippen molar-refractivity contribution in [3.05, 3.63) is 51.2 Å². The second kappa shape index (κ2) is 5.01. The maximum absolute atomic E-state index is 11.6. The quantitative estimate of drug-likeness (QED) is 0.719. The van der Waals surface area contributed by atoms with Crippen LogP contribution in [-0.2, 0) is 0 Å². The third-order valence-electron chi connectivity index (χ3n) is 2.59. The average molecular weight is 290 g/mol. The molecule has 0 atom stereocenters. The zero-order chi connectivity index (χ0) is 14.1. The molecule has 20 heavy (non-hydrogen) atoms. The lowest BCUT2D eigenvalue weighted by molar-refractivity contribution is 0.533. The standard InChI is InChI=1S/C13H10N2O4S/c1-2-20-15-8-4-3-5-9-12(8)14-13(15)19-11(17)7-6-10(16)18-9/h3-7H,2H2,1H3. The fraction of sp³-hybridized carbons (Fsp3) is 0.154. The van der Waals surface area contributed by atoms with Gasteiger partial charge in [-0.15, -0.1) is 0 Å². The summed E-state index contributed by atoms with van der Waals surface area (Å²) in [5.74, 6) is 0.947. The van der Waals surface area contributed by atoms with Crippen LogP contribution in [0.25, 0.3) is 22.5 Å². The lowest BCUT2D eigenvalue weighted by Crippen LogP contribution is -1.98. The zero-order valence-electron chi connectivity index (χ0n) is 10.5. The molecule has 0 aliphatic rings. The molecule has 0 saturated carbocycles. The molecule has 3 rings (SSSR count). The topological polar surface area (TPSA) is 78.2 Å². The molecule has 0 saturated heterocycles. The van der Waals surface area contributed by atoms with Crippen molar-refractivity contribution in [1.82, 2.24) is 8.96 Å². The maximum atomic E-state index is 11.6. The summed E-state index contributed by atoms with van der Waals surface area (Å²) < 4.78 is 12.0. The van der Waals surface area contributed by atoms with E-state index in [0.717, 1.165) is 23.4 Å². The summed E-state index contributed by atoms with van der Waals surface area (Å²) in [6.45, 7) is 1.98. The van der Waals surface area contributed by atoms with Crippen LogP contribution in [0, 0.1) is 0 Å². The Morgan fingerprint density at radius 2 is 1.90 bits per heavy atom. The highest BCUT2D eigenvalue weighted by atomic mass is 32.2. The minimum Gasteiger partial charge on any atom is -0.421 e. The van der Waals surface area contributed by atoms with Crippen molar-refractivity contribution in [2.75, 3.05) is 5.75 Å². The van der Waals surface area contributed by atoms with E-state index in [9.17, 15) is 9.59 Å². The predicted octanol–water partition coefficient (Wildman–Crippen LogP) is 2.17. The van der Waals surface area contributed by atoms with E-state index in [0.29, 0.717) is 11.1 Å². The van der Waals surface area contributed by atoms with Crippen LogP contribution in [0.15, 0.2) is 48.8 Å². The van der Waals surface area contributed by atoms with Crippen LogP contribution in [0.2, 0.25) is 0 Å². The Kier molecular flexibility index (Phi) is 3.19. The van der Waals surface area contributed by atoms with Crippen molar-refractivity contribution in [1.29, 1.82) is 0 Å². The first-order valence-corrected chi connectivity index (χ1v) is 6.89. The van der Waals surface area contributed by atoms with Crippen LogP contribution < -0.4 is 11.3 Å². The van der Waals surface area contributed by atoms with Gasteiger partial charge in [-0.25, -0.2) is 13.6 Å². The van der Waals surface area contributed by atoms with Gasteiger partial charge in [0.2, 0.25) is 0 Å². The molecule has 0 fully saturated rings. The number of imidazole rings is 1. The lowest BCUT2D eigenvalue weighted by Gasteiger charge is -1.99. The molecule has 0 radical (unpaired) electrons. The Morgan fingerprint density at radius 3 is 2.65 bits per heavy atom. The molecule has 0 amide bonds. The molecule has 0 spiro atoms. The number of nitrogens with zero attached hydrogens (tertiary/aromatic N) is 2. The van der Waals surface area contributed by atoms with Gasteiger partial charge in [0.05, 0.1) is 5.52 Å². The summed E-state index contributed by atoms with van der Waals surface area (Å²) in [4.78, 5) is 27.4. The van der Waals surface area contributed by atoms with Gasteiger partial charge in [-0.05, 0) is 24.1 Å². The second-order valence-corrected chi connectivity index (χ2v) is 5.11. The molecule has 0 N–H and O–H groups in total. The van der Waals surface area contributed by atoms with Crippen molar-refractivity contribution in [3.63, 3.8) is 0 Å². The van der Waals surface area contributed by atoms with E-state index in [1.165, 1.54) is 11.9 Å². The minimum absolute atomic E-state index is 0.173. The van der Waals surface area contributed by atoms with Crippen molar-refractivity contribution < 1.29 is 8.83 Å². The Labute approximate surface area is 116 Å². The maximum Gasteiger partial charge on any atom is 0.338 e. The average Bonchev–Trinajstić information content (AvgIpc) is 2.76. The summed E-state index contributed by atoms with van der Waals surface area (Å²) in [6.07, 6.45) is 0. The lowest BCUT2D eigenvalue weighted by atomic mass is 10.3. The Balaban J connectivity index is 2.59. The van der Waals surface area contributed by atoms with E-state index in [4.69, 9.17) is 8.83 Å². The van der Waals surface area contributed by atoms with Gasteiger partial charge >= 0.3 is 17.1 Å². The zero-order valence-corrected chi connectivity index (χ0v) is 11.3. The molecule has 2 aromatic heterocycles. The van der Waals surface area contributed by atoms with Gasteiger partial charge < -0.3 is 8.83 Å². The molecule has 6 nitrogen and oxygen atoms in total. The third-order valence-corrected chi connectivity index (χ3v) is 3.46. The fourth-order valence-electron chi connectivity index (χ4n) is 1.83. The van der Waals surface area contributed by atoms with E-state index in [1.807, 2.05) is 13.0 Å². The van der Waals surface area contributed by atoms with Gasteiger partial charge in [0, 0.05) is 17.9 Å². The van der Waals surface area contributed by atoms with E-state index in [1.54, 1.807) is 16.1 Å². The molecule has 102 valence electrons. The highest BCUT2D eigenvalue weighted by Crippen LogP contribution is 2.24. The van der Waals surface area contributed by atoms with Crippen molar-refractivity contribution >= 4 is 34.4 Å². The van der Waals surface area contributed by atoms with E-state index >= 15 is 0 Å². The van der Waals surface area contributed by atoms with Gasteiger partial charge in [0.25, 0.3) is 0 Å². The van der Waals surface area contributed by atoms with Crippen LogP contribution in [0.3, 0.4) is 0 Å².